The van der Waals surface area contributed by atoms with E-state index in [1.54, 1.807) is 0 Å². The van der Waals surface area contributed by atoms with Gasteiger partial charge in [-0.15, -0.1) is 0 Å². The second-order valence-electron chi connectivity index (χ2n) is 6.72. The summed E-state index contributed by atoms with van der Waals surface area (Å²) < 4.78 is 5.27. The average Bonchev–Trinajstić information content (AvgIpc) is 2.59. The summed E-state index contributed by atoms with van der Waals surface area (Å²) in [4.78, 5) is 11.6. The van der Waals surface area contributed by atoms with E-state index in [0.29, 0.717) is 26.2 Å². The Kier molecular flexibility index (Phi) is 19.9. The second-order valence-corrected chi connectivity index (χ2v) is 6.72. The first-order valence-corrected chi connectivity index (χ1v) is 10.2. The summed E-state index contributed by atoms with van der Waals surface area (Å²) in [6.45, 7) is 1.19. The van der Waals surface area contributed by atoms with Crippen LogP contribution in [0.4, 0.5) is 0 Å². The highest BCUT2D eigenvalue weighted by atomic mass is 16.5. The molecule has 0 radical (unpaired) electrons. The van der Waals surface area contributed by atoms with E-state index in [4.69, 9.17) is 14.9 Å². The van der Waals surface area contributed by atoms with Gasteiger partial charge in [0.15, 0.2) is 0 Å². The zero-order valence-corrected chi connectivity index (χ0v) is 15.6. The summed E-state index contributed by atoms with van der Waals surface area (Å²) in [5.41, 5.74) is 0. The summed E-state index contributed by atoms with van der Waals surface area (Å²) in [5, 5.41) is 17.4. The largest absolute Gasteiger partial charge is 0.466 e. The van der Waals surface area contributed by atoms with Gasteiger partial charge in [0, 0.05) is 19.6 Å². The molecule has 0 aliphatic rings. The molecule has 0 bridgehead atoms. The SMILES string of the molecule is O=C(CCCCCCCCCO)OCCCCCCCCCCO. The van der Waals surface area contributed by atoms with Gasteiger partial charge in [-0.1, -0.05) is 70.6 Å². The first-order chi connectivity index (χ1) is 11.8. The standard InChI is InChI=1S/C20H40O4/c21-17-13-9-5-1-2-7-11-15-19-24-20(23)16-12-8-4-3-6-10-14-18-22/h21-22H,1-19H2. The fourth-order valence-electron chi connectivity index (χ4n) is 2.80. The lowest BCUT2D eigenvalue weighted by atomic mass is 10.1. The van der Waals surface area contributed by atoms with Gasteiger partial charge in [-0.2, -0.15) is 0 Å². The van der Waals surface area contributed by atoms with E-state index in [0.717, 1.165) is 51.4 Å². The van der Waals surface area contributed by atoms with Crippen molar-refractivity contribution in [2.75, 3.05) is 19.8 Å². The Balaban J connectivity index is 3.13. The monoisotopic (exact) mass is 344 g/mol. The van der Waals surface area contributed by atoms with Crippen molar-refractivity contribution in [2.24, 2.45) is 0 Å². The molecule has 4 heteroatoms. The second kappa shape index (κ2) is 20.4. The molecule has 4 nitrogen and oxygen atoms in total. The fraction of sp³-hybridized carbons (Fsp3) is 0.950. The van der Waals surface area contributed by atoms with Crippen LogP contribution in [0.2, 0.25) is 0 Å². The van der Waals surface area contributed by atoms with Gasteiger partial charge >= 0.3 is 5.97 Å². The van der Waals surface area contributed by atoms with Crippen molar-refractivity contribution >= 4 is 5.97 Å². The molecule has 0 fully saturated rings. The third-order valence-corrected chi connectivity index (χ3v) is 4.35. The van der Waals surface area contributed by atoms with Gasteiger partial charge in [0.1, 0.15) is 0 Å². The van der Waals surface area contributed by atoms with Crippen molar-refractivity contribution in [3.8, 4) is 0 Å². The molecule has 0 unspecified atom stereocenters. The molecule has 0 saturated heterocycles. The summed E-state index contributed by atoms with van der Waals surface area (Å²) in [5.74, 6) is -0.0423. The highest BCUT2D eigenvalue weighted by molar-refractivity contribution is 5.69. The molecule has 0 aromatic rings. The lowest BCUT2D eigenvalue weighted by molar-refractivity contribution is -0.143. The maximum absolute atomic E-state index is 11.6. The Bertz CT molecular complexity index is 256. The molecule has 0 saturated carbocycles. The maximum atomic E-state index is 11.6. The van der Waals surface area contributed by atoms with Crippen LogP contribution in [-0.2, 0) is 9.53 Å². The number of aliphatic hydroxyl groups excluding tert-OH is 2. The molecule has 0 heterocycles. The van der Waals surface area contributed by atoms with Crippen LogP contribution in [0.3, 0.4) is 0 Å². The van der Waals surface area contributed by atoms with E-state index in [9.17, 15) is 4.79 Å². The van der Waals surface area contributed by atoms with Gasteiger partial charge in [0.05, 0.1) is 6.61 Å². The minimum Gasteiger partial charge on any atom is -0.466 e. The zero-order chi connectivity index (χ0) is 17.7. The van der Waals surface area contributed by atoms with Crippen LogP contribution in [0.1, 0.15) is 103 Å². The Morgan fingerprint density at radius 3 is 1.38 bits per heavy atom. The molecule has 0 amide bonds. The minimum atomic E-state index is -0.0423. The normalized spacial score (nSPS) is 10.9. The van der Waals surface area contributed by atoms with Gasteiger partial charge < -0.3 is 14.9 Å². The first kappa shape index (κ1) is 23.4. The van der Waals surface area contributed by atoms with Crippen LogP contribution in [0.5, 0.6) is 0 Å². The Hall–Kier alpha value is -0.610. The van der Waals surface area contributed by atoms with E-state index in [1.165, 1.54) is 44.9 Å². The van der Waals surface area contributed by atoms with Crippen LogP contribution >= 0.6 is 0 Å². The molecule has 144 valence electrons. The first-order valence-electron chi connectivity index (χ1n) is 10.2. The van der Waals surface area contributed by atoms with E-state index in [-0.39, 0.29) is 5.97 Å². The van der Waals surface area contributed by atoms with Crippen LogP contribution < -0.4 is 0 Å². The number of ether oxygens (including phenoxy) is 1. The van der Waals surface area contributed by atoms with Crippen LogP contribution in [-0.4, -0.2) is 36.0 Å². The van der Waals surface area contributed by atoms with Crippen molar-refractivity contribution in [3.63, 3.8) is 0 Å². The Morgan fingerprint density at radius 1 is 0.542 bits per heavy atom. The predicted octanol–water partition coefficient (Wildman–Crippen LogP) is 4.76. The number of esters is 1. The number of carbonyl (C=O) groups excluding carboxylic acids is 1. The summed E-state index contributed by atoms with van der Waals surface area (Å²) in [7, 11) is 0. The highest BCUT2D eigenvalue weighted by Gasteiger charge is 2.02. The van der Waals surface area contributed by atoms with Gasteiger partial charge in [0.25, 0.3) is 0 Å². The summed E-state index contributed by atoms with van der Waals surface area (Å²) >= 11 is 0. The van der Waals surface area contributed by atoms with Gasteiger partial charge in [-0.3, -0.25) is 4.79 Å². The number of hydrogen-bond donors (Lipinski definition) is 2. The van der Waals surface area contributed by atoms with Crippen LogP contribution in [0.15, 0.2) is 0 Å². The highest BCUT2D eigenvalue weighted by Crippen LogP contribution is 2.10. The topological polar surface area (TPSA) is 66.8 Å². The molecule has 0 spiro atoms. The number of carbonyl (C=O) groups is 1. The maximum Gasteiger partial charge on any atom is 0.305 e. The smallest absolute Gasteiger partial charge is 0.305 e. The molecule has 2 N–H and O–H groups in total. The third-order valence-electron chi connectivity index (χ3n) is 4.35. The predicted molar refractivity (Wildman–Crippen MR) is 99.0 cm³/mol. The molecule has 0 aromatic carbocycles. The third kappa shape index (κ3) is 19.4. The molecule has 0 atom stereocenters. The molecule has 0 aliphatic heterocycles. The molecule has 24 heavy (non-hydrogen) atoms. The van der Waals surface area contributed by atoms with E-state index in [2.05, 4.69) is 0 Å². The summed E-state index contributed by atoms with van der Waals surface area (Å²) in [6, 6.07) is 0. The van der Waals surface area contributed by atoms with Crippen molar-refractivity contribution in [1.29, 1.82) is 0 Å². The number of hydrogen-bond acceptors (Lipinski definition) is 4. The molecular formula is C20H40O4. The quantitative estimate of drug-likeness (QED) is 0.262. The number of unbranched alkanes of at least 4 members (excludes halogenated alkanes) is 13. The van der Waals surface area contributed by atoms with Crippen molar-refractivity contribution in [1.82, 2.24) is 0 Å². The lowest BCUT2D eigenvalue weighted by Gasteiger charge is -2.05. The Morgan fingerprint density at radius 2 is 0.917 bits per heavy atom. The zero-order valence-electron chi connectivity index (χ0n) is 15.6. The molecular weight excluding hydrogens is 304 g/mol. The lowest BCUT2D eigenvalue weighted by Crippen LogP contribution is -2.05. The molecule has 0 aromatic heterocycles. The fourth-order valence-corrected chi connectivity index (χ4v) is 2.80. The summed E-state index contributed by atoms with van der Waals surface area (Å²) in [6.07, 6.45) is 17.3. The van der Waals surface area contributed by atoms with E-state index < -0.39 is 0 Å². The molecule has 0 aliphatic carbocycles. The number of rotatable bonds is 19. The van der Waals surface area contributed by atoms with Crippen molar-refractivity contribution in [2.45, 2.75) is 103 Å². The van der Waals surface area contributed by atoms with Crippen molar-refractivity contribution in [3.05, 3.63) is 0 Å². The van der Waals surface area contributed by atoms with Gasteiger partial charge in [0.2, 0.25) is 0 Å². The Labute approximate surface area is 149 Å². The van der Waals surface area contributed by atoms with E-state index >= 15 is 0 Å². The average molecular weight is 345 g/mol. The number of aliphatic hydroxyl groups is 2. The van der Waals surface area contributed by atoms with Crippen LogP contribution in [0.25, 0.3) is 0 Å². The minimum absolute atomic E-state index is 0.0423. The molecule has 0 rings (SSSR count). The van der Waals surface area contributed by atoms with E-state index in [1.807, 2.05) is 0 Å². The van der Waals surface area contributed by atoms with Crippen LogP contribution in [0, 0.1) is 0 Å². The van der Waals surface area contributed by atoms with Gasteiger partial charge in [-0.25, -0.2) is 0 Å². The van der Waals surface area contributed by atoms with Gasteiger partial charge in [-0.05, 0) is 25.7 Å². The van der Waals surface area contributed by atoms with Crippen molar-refractivity contribution < 1.29 is 19.7 Å².